The van der Waals surface area contributed by atoms with Gasteiger partial charge in [-0.2, -0.15) is 0 Å². The van der Waals surface area contributed by atoms with Crippen LogP contribution in [0, 0.1) is 0 Å². The molecule has 5 nitrogen and oxygen atoms in total. The molecule has 2 N–H and O–H groups in total. The number of para-hydroxylation sites is 1. The molecule has 134 valence electrons. The zero-order valence-corrected chi connectivity index (χ0v) is 15.3. The second kappa shape index (κ2) is 10.2. The molecule has 0 aromatic heterocycles. The average molecular weight is 332 g/mol. The fourth-order valence-corrected chi connectivity index (χ4v) is 3.38. The minimum atomic E-state index is 0.699. The molecule has 1 heterocycles. The van der Waals surface area contributed by atoms with Gasteiger partial charge in [0.05, 0.1) is 7.11 Å². The molecule has 0 radical (unpaired) electrons. The van der Waals surface area contributed by atoms with E-state index in [4.69, 9.17) is 4.74 Å². The molecular formula is C19H32N4O. The smallest absolute Gasteiger partial charge is 0.191 e. The summed E-state index contributed by atoms with van der Waals surface area (Å²) in [4.78, 5) is 6.93. The summed E-state index contributed by atoms with van der Waals surface area (Å²) >= 11 is 0. The van der Waals surface area contributed by atoms with Gasteiger partial charge in [-0.3, -0.25) is 9.89 Å². The Hall–Kier alpha value is -1.75. The number of hydrogen-bond donors (Lipinski definition) is 2. The second-order valence-corrected chi connectivity index (χ2v) is 6.26. The Kier molecular flexibility index (Phi) is 7.89. The third-order valence-electron chi connectivity index (χ3n) is 4.77. The first-order chi connectivity index (χ1) is 11.8. The summed E-state index contributed by atoms with van der Waals surface area (Å²) in [6.07, 6.45) is 5.31. The SMILES string of the molecule is CCC1CCCCN1CCNC(=NC)NCc1ccccc1OC. The molecule has 1 unspecified atom stereocenters. The zero-order chi connectivity index (χ0) is 17.2. The number of hydrogen-bond acceptors (Lipinski definition) is 3. The quantitative estimate of drug-likeness (QED) is 0.595. The van der Waals surface area contributed by atoms with Crippen molar-refractivity contribution in [3.63, 3.8) is 0 Å². The Morgan fingerprint density at radius 3 is 2.88 bits per heavy atom. The van der Waals surface area contributed by atoms with Gasteiger partial charge in [-0.25, -0.2) is 0 Å². The zero-order valence-electron chi connectivity index (χ0n) is 15.3. The summed E-state index contributed by atoms with van der Waals surface area (Å²) in [6, 6.07) is 8.81. The van der Waals surface area contributed by atoms with Crippen LogP contribution in [0.2, 0.25) is 0 Å². The van der Waals surface area contributed by atoms with Crippen LogP contribution >= 0.6 is 0 Å². The molecule has 1 aromatic carbocycles. The van der Waals surface area contributed by atoms with Gasteiger partial charge < -0.3 is 15.4 Å². The van der Waals surface area contributed by atoms with E-state index in [1.807, 2.05) is 25.2 Å². The van der Waals surface area contributed by atoms with E-state index in [1.54, 1.807) is 7.11 Å². The number of aliphatic imine (C=N–C) groups is 1. The molecule has 0 aliphatic carbocycles. The van der Waals surface area contributed by atoms with Gasteiger partial charge >= 0.3 is 0 Å². The Balaban J connectivity index is 1.76. The highest BCUT2D eigenvalue weighted by atomic mass is 16.5. The number of methoxy groups -OCH3 is 1. The second-order valence-electron chi connectivity index (χ2n) is 6.26. The van der Waals surface area contributed by atoms with E-state index in [1.165, 1.54) is 32.2 Å². The first-order valence-electron chi connectivity index (χ1n) is 9.09. The van der Waals surface area contributed by atoms with Crippen LogP contribution in [-0.4, -0.2) is 50.7 Å². The van der Waals surface area contributed by atoms with Gasteiger partial charge in [0, 0.05) is 38.3 Å². The lowest BCUT2D eigenvalue weighted by molar-refractivity contribution is 0.147. The van der Waals surface area contributed by atoms with Crippen molar-refractivity contribution in [2.75, 3.05) is 33.8 Å². The Bertz CT molecular complexity index is 518. The first-order valence-corrected chi connectivity index (χ1v) is 9.09. The van der Waals surface area contributed by atoms with E-state index >= 15 is 0 Å². The van der Waals surface area contributed by atoms with Gasteiger partial charge in [0.1, 0.15) is 5.75 Å². The number of rotatable bonds is 7. The van der Waals surface area contributed by atoms with Crippen LogP contribution in [0.4, 0.5) is 0 Å². The van der Waals surface area contributed by atoms with Crippen molar-refractivity contribution in [2.45, 2.75) is 45.2 Å². The van der Waals surface area contributed by atoms with Gasteiger partial charge in [0.2, 0.25) is 0 Å². The maximum Gasteiger partial charge on any atom is 0.191 e. The minimum Gasteiger partial charge on any atom is -0.496 e. The summed E-state index contributed by atoms with van der Waals surface area (Å²) < 4.78 is 5.39. The molecular weight excluding hydrogens is 300 g/mol. The number of nitrogens with one attached hydrogen (secondary N) is 2. The largest absolute Gasteiger partial charge is 0.496 e. The van der Waals surface area contributed by atoms with E-state index in [0.29, 0.717) is 6.54 Å². The number of likely N-dealkylation sites (tertiary alicyclic amines) is 1. The molecule has 1 aromatic rings. The van der Waals surface area contributed by atoms with Crippen molar-refractivity contribution in [3.05, 3.63) is 29.8 Å². The maximum absolute atomic E-state index is 5.39. The topological polar surface area (TPSA) is 48.9 Å². The van der Waals surface area contributed by atoms with Crippen LogP contribution in [-0.2, 0) is 6.54 Å². The highest BCUT2D eigenvalue weighted by Gasteiger charge is 2.19. The standard InChI is InChI=1S/C19H32N4O/c1-4-17-10-7-8-13-23(17)14-12-21-19(20-2)22-15-16-9-5-6-11-18(16)24-3/h5-6,9,11,17H,4,7-8,10,12-15H2,1-3H3,(H2,20,21,22). The summed E-state index contributed by atoms with van der Waals surface area (Å²) in [5.41, 5.74) is 1.13. The number of nitrogens with zero attached hydrogens (tertiary/aromatic N) is 2. The molecule has 24 heavy (non-hydrogen) atoms. The minimum absolute atomic E-state index is 0.699. The molecule has 1 aliphatic heterocycles. The Morgan fingerprint density at radius 1 is 1.29 bits per heavy atom. The average Bonchev–Trinajstić information content (AvgIpc) is 2.65. The molecule has 0 bridgehead atoms. The van der Waals surface area contributed by atoms with E-state index in [0.717, 1.165) is 36.4 Å². The highest BCUT2D eigenvalue weighted by molar-refractivity contribution is 5.79. The van der Waals surface area contributed by atoms with Crippen molar-refractivity contribution < 1.29 is 4.74 Å². The number of guanidine groups is 1. The molecule has 1 fully saturated rings. The van der Waals surface area contributed by atoms with Crippen molar-refractivity contribution in [1.29, 1.82) is 0 Å². The van der Waals surface area contributed by atoms with E-state index in [2.05, 4.69) is 33.5 Å². The van der Waals surface area contributed by atoms with Gasteiger partial charge in [-0.1, -0.05) is 31.5 Å². The van der Waals surface area contributed by atoms with Crippen LogP contribution in [0.3, 0.4) is 0 Å². The summed E-state index contributed by atoms with van der Waals surface area (Å²) in [7, 11) is 3.52. The molecule has 5 heteroatoms. The third kappa shape index (κ3) is 5.41. The van der Waals surface area contributed by atoms with Crippen LogP contribution in [0.15, 0.2) is 29.3 Å². The predicted molar refractivity (Wildman–Crippen MR) is 101 cm³/mol. The third-order valence-corrected chi connectivity index (χ3v) is 4.77. The van der Waals surface area contributed by atoms with E-state index in [9.17, 15) is 0 Å². The fraction of sp³-hybridized carbons (Fsp3) is 0.632. The lowest BCUT2D eigenvalue weighted by Gasteiger charge is -2.35. The Labute approximate surface area is 146 Å². The predicted octanol–water partition coefficient (Wildman–Crippen LogP) is 2.62. The Morgan fingerprint density at radius 2 is 2.12 bits per heavy atom. The molecule has 1 atom stereocenters. The van der Waals surface area contributed by atoms with Crippen LogP contribution in [0.1, 0.15) is 38.2 Å². The summed E-state index contributed by atoms with van der Waals surface area (Å²) in [5, 5.41) is 6.79. The van der Waals surface area contributed by atoms with Gasteiger partial charge in [-0.05, 0) is 31.9 Å². The summed E-state index contributed by atoms with van der Waals surface area (Å²) in [6.45, 7) is 6.22. The first kappa shape index (κ1) is 18.6. The van der Waals surface area contributed by atoms with Crippen molar-refractivity contribution in [2.24, 2.45) is 4.99 Å². The van der Waals surface area contributed by atoms with E-state index in [-0.39, 0.29) is 0 Å². The molecule has 0 saturated carbocycles. The fourth-order valence-electron chi connectivity index (χ4n) is 3.38. The highest BCUT2D eigenvalue weighted by Crippen LogP contribution is 2.18. The van der Waals surface area contributed by atoms with Crippen LogP contribution in [0.5, 0.6) is 5.75 Å². The van der Waals surface area contributed by atoms with Crippen molar-refractivity contribution in [3.8, 4) is 5.75 Å². The lowest BCUT2D eigenvalue weighted by Crippen LogP contribution is -2.45. The van der Waals surface area contributed by atoms with Crippen molar-refractivity contribution in [1.82, 2.24) is 15.5 Å². The number of ether oxygens (including phenoxy) is 1. The van der Waals surface area contributed by atoms with Gasteiger partial charge in [0.25, 0.3) is 0 Å². The van der Waals surface area contributed by atoms with Gasteiger partial charge in [-0.15, -0.1) is 0 Å². The maximum atomic E-state index is 5.39. The molecule has 0 amide bonds. The molecule has 1 saturated heterocycles. The molecule has 1 aliphatic rings. The molecule has 0 spiro atoms. The summed E-state index contributed by atoms with van der Waals surface area (Å²) in [5.74, 6) is 1.74. The van der Waals surface area contributed by atoms with E-state index < -0.39 is 0 Å². The van der Waals surface area contributed by atoms with Gasteiger partial charge in [0.15, 0.2) is 5.96 Å². The normalized spacial score (nSPS) is 19.1. The number of benzene rings is 1. The van der Waals surface area contributed by atoms with Crippen LogP contribution < -0.4 is 15.4 Å². The monoisotopic (exact) mass is 332 g/mol. The van der Waals surface area contributed by atoms with Crippen LogP contribution in [0.25, 0.3) is 0 Å². The number of piperidine rings is 1. The van der Waals surface area contributed by atoms with Crippen molar-refractivity contribution >= 4 is 5.96 Å². The molecule has 2 rings (SSSR count). The lowest BCUT2D eigenvalue weighted by atomic mass is 10.0.